The van der Waals surface area contributed by atoms with Crippen molar-refractivity contribution in [1.82, 2.24) is 20.3 Å². The summed E-state index contributed by atoms with van der Waals surface area (Å²) in [6.45, 7) is 3.30. The lowest BCUT2D eigenvalue weighted by Gasteiger charge is -2.11. The number of aromatic nitrogens is 1. The van der Waals surface area contributed by atoms with Gasteiger partial charge in [0, 0.05) is 18.3 Å². The molecule has 3 N–H and O–H groups in total. The molecular formula is C29H32N4O9S. The van der Waals surface area contributed by atoms with Gasteiger partial charge in [-0.1, -0.05) is 6.07 Å². The standard InChI is InChI=1S/C29H32N4O9S/c1-18(2)42-26(34)17-32-29(37)23-11-8-21(16-31-23)28(36)33-43(38,39)22-9-6-20(7-10-22)27(35)30-14-13-19-5-12-24(40-3)25(15-19)41-4/h5-12,15-16,18H,13-14,17H2,1-4H3,(H,30,35)(H,32,37)(H,33,36). The number of esters is 1. The SMILES string of the molecule is COc1ccc(CCNC(=O)c2ccc(S(=O)(=O)NC(=O)c3ccc(C(=O)NCC(=O)OC(C)C)nc3)cc2)cc1OC. The number of benzene rings is 2. The molecule has 0 saturated carbocycles. The maximum absolute atomic E-state index is 12.7. The van der Waals surface area contributed by atoms with Gasteiger partial charge in [0.25, 0.3) is 27.7 Å². The zero-order chi connectivity index (χ0) is 31.6. The molecule has 0 bridgehead atoms. The third-order valence-corrected chi connectivity index (χ3v) is 7.17. The number of ether oxygens (including phenoxy) is 3. The van der Waals surface area contributed by atoms with Crippen molar-refractivity contribution in [2.75, 3.05) is 27.3 Å². The third kappa shape index (κ3) is 9.26. The Labute approximate surface area is 249 Å². The highest BCUT2D eigenvalue weighted by Gasteiger charge is 2.20. The molecule has 14 heteroatoms. The van der Waals surface area contributed by atoms with Gasteiger partial charge in [-0.05, 0) is 74.4 Å². The zero-order valence-electron chi connectivity index (χ0n) is 24.0. The fourth-order valence-corrected chi connectivity index (χ4v) is 4.67. The lowest BCUT2D eigenvalue weighted by Crippen LogP contribution is -2.32. The van der Waals surface area contributed by atoms with Crippen LogP contribution in [0.1, 0.15) is 50.6 Å². The first-order valence-electron chi connectivity index (χ1n) is 13.0. The quantitative estimate of drug-likeness (QED) is 0.241. The Kier molecular flexibility index (Phi) is 11.2. The average Bonchev–Trinajstić information content (AvgIpc) is 2.99. The maximum atomic E-state index is 12.7. The lowest BCUT2D eigenvalue weighted by molar-refractivity contribution is -0.146. The summed E-state index contributed by atoms with van der Waals surface area (Å²) in [6.07, 6.45) is 1.22. The van der Waals surface area contributed by atoms with Gasteiger partial charge in [0.2, 0.25) is 0 Å². The number of nitrogens with zero attached hydrogens (tertiary/aromatic N) is 1. The van der Waals surface area contributed by atoms with Crippen molar-refractivity contribution in [3.8, 4) is 11.5 Å². The van der Waals surface area contributed by atoms with E-state index in [0.717, 1.165) is 11.8 Å². The van der Waals surface area contributed by atoms with E-state index >= 15 is 0 Å². The highest BCUT2D eigenvalue weighted by molar-refractivity contribution is 7.90. The molecule has 0 atom stereocenters. The molecule has 2 aromatic carbocycles. The van der Waals surface area contributed by atoms with Crippen LogP contribution in [0.15, 0.2) is 65.7 Å². The number of carbonyl (C=O) groups excluding carboxylic acids is 4. The molecule has 0 aliphatic carbocycles. The number of hydrogen-bond donors (Lipinski definition) is 3. The van der Waals surface area contributed by atoms with Crippen LogP contribution in [-0.2, 0) is 26.0 Å². The molecule has 1 aromatic heterocycles. The number of hydrogen-bond acceptors (Lipinski definition) is 10. The van der Waals surface area contributed by atoms with Gasteiger partial charge in [-0.3, -0.25) is 24.2 Å². The molecule has 1 heterocycles. The Morgan fingerprint density at radius 2 is 1.49 bits per heavy atom. The van der Waals surface area contributed by atoms with E-state index in [1.54, 1.807) is 27.0 Å². The Morgan fingerprint density at radius 3 is 2.09 bits per heavy atom. The number of nitrogens with one attached hydrogen (secondary N) is 3. The molecule has 43 heavy (non-hydrogen) atoms. The van der Waals surface area contributed by atoms with Crippen molar-refractivity contribution in [2.24, 2.45) is 0 Å². The highest BCUT2D eigenvalue weighted by Crippen LogP contribution is 2.27. The van der Waals surface area contributed by atoms with Crippen molar-refractivity contribution < 1.29 is 41.8 Å². The second-order valence-electron chi connectivity index (χ2n) is 9.31. The summed E-state index contributed by atoms with van der Waals surface area (Å²) in [5.41, 5.74) is 0.944. The third-order valence-electron chi connectivity index (χ3n) is 5.82. The zero-order valence-corrected chi connectivity index (χ0v) is 24.8. The van der Waals surface area contributed by atoms with Crippen LogP contribution in [-0.4, -0.2) is 70.5 Å². The number of rotatable bonds is 13. The molecule has 0 aliphatic heterocycles. The predicted molar refractivity (Wildman–Crippen MR) is 154 cm³/mol. The average molecular weight is 613 g/mol. The minimum Gasteiger partial charge on any atom is -0.493 e. The first kappa shape index (κ1) is 32.5. The van der Waals surface area contributed by atoms with Crippen LogP contribution in [0.25, 0.3) is 0 Å². The van der Waals surface area contributed by atoms with Crippen molar-refractivity contribution in [3.63, 3.8) is 0 Å². The number of sulfonamides is 1. The van der Waals surface area contributed by atoms with Crippen LogP contribution in [0.4, 0.5) is 0 Å². The molecule has 13 nitrogen and oxygen atoms in total. The van der Waals surface area contributed by atoms with E-state index in [1.165, 1.54) is 43.5 Å². The molecule has 0 radical (unpaired) electrons. The maximum Gasteiger partial charge on any atom is 0.325 e. The van der Waals surface area contributed by atoms with Gasteiger partial charge < -0.3 is 24.8 Å². The molecule has 228 valence electrons. The molecule has 3 rings (SSSR count). The first-order chi connectivity index (χ1) is 20.4. The second-order valence-corrected chi connectivity index (χ2v) is 11.0. The second kappa shape index (κ2) is 14.8. The summed E-state index contributed by atoms with van der Waals surface area (Å²) < 4.78 is 42.8. The lowest BCUT2D eigenvalue weighted by atomic mass is 10.1. The summed E-state index contributed by atoms with van der Waals surface area (Å²) in [4.78, 5) is 52.4. The van der Waals surface area contributed by atoms with Gasteiger partial charge in [-0.2, -0.15) is 0 Å². The van der Waals surface area contributed by atoms with Crippen LogP contribution in [0.5, 0.6) is 11.5 Å². The minimum absolute atomic E-state index is 0.0886. The monoisotopic (exact) mass is 612 g/mol. The Bertz CT molecular complexity index is 1570. The van der Waals surface area contributed by atoms with E-state index in [0.29, 0.717) is 24.5 Å². The van der Waals surface area contributed by atoms with E-state index in [9.17, 15) is 27.6 Å². The number of pyridine rings is 1. The van der Waals surface area contributed by atoms with Crippen molar-refractivity contribution in [2.45, 2.75) is 31.3 Å². The van der Waals surface area contributed by atoms with Crippen molar-refractivity contribution in [1.29, 1.82) is 0 Å². The van der Waals surface area contributed by atoms with Gasteiger partial charge in [-0.15, -0.1) is 0 Å². The van der Waals surface area contributed by atoms with E-state index < -0.39 is 33.7 Å². The number of carbonyl (C=O) groups is 4. The number of methoxy groups -OCH3 is 2. The van der Waals surface area contributed by atoms with E-state index in [2.05, 4.69) is 15.6 Å². The Morgan fingerprint density at radius 1 is 0.814 bits per heavy atom. The molecule has 3 aromatic rings. The Hall–Kier alpha value is -4.98. The van der Waals surface area contributed by atoms with Crippen LogP contribution in [0.2, 0.25) is 0 Å². The summed E-state index contributed by atoms with van der Waals surface area (Å²) in [7, 11) is -1.20. The summed E-state index contributed by atoms with van der Waals surface area (Å²) in [6, 6.07) is 12.9. The number of amides is 3. The van der Waals surface area contributed by atoms with E-state index in [-0.39, 0.29) is 34.4 Å². The fourth-order valence-electron chi connectivity index (χ4n) is 3.69. The molecule has 3 amide bonds. The van der Waals surface area contributed by atoms with E-state index in [1.807, 2.05) is 16.9 Å². The Balaban J connectivity index is 1.53. The minimum atomic E-state index is -4.28. The largest absolute Gasteiger partial charge is 0.493 e. The summed E-state index contributed by atoms with van der Waals surface area (Å²) in [5.74, 6) is -1.50. The van der Waals surface area contributed by atoms with Crippen LogP contribution in [0.3, 0.4) is 0 Å². The molecule has 0 spiro atoms. The van der Waals surface area contributed by atoms with Crippen LogP contribution in [0, 0.1) is 0 Å². The van der Waals surface area contributed by atoms with Gasteiger partial charge in [0.15, 0.2) is 11.5 Å². The van der Waals surface area contributed by atoms with Gasteiger partial charge >= 0.3 is 5.97 Å². The van der Waals surface area contributed by atoms with Gasteiger partial charge in [0.05, 0.1) is 30.8 Å². The molecule has 0 aliphatic rings. The van der Waals surface area contributed by atoms with Gasteiger partial charge in [0.1, 0.15) is 12.2 Å². The van der Waals surface area contributed by atoms with Crippen molar-refractivity contribution in [3.05, 3.63) is 83.2 Å². The molecule has 0 fully saturated rings. The fraction of sp³-hybridized carbons (Fsp3) is 0.276. The smallest absolute Gasteiger partial charge is 0.325 e. The normalized spacial score (nSPS) is 10.9. The topological polar surface area (TPSA) is 179 Å². The molecule has 0 saturated heterocycles. The van der Waals surface area contributed by atoms with E-state index in [4.69, 9.17) is 14.2 Å². The van der Waals surface area contributed by atoms with Crippen LogP contribution < -0.4 is 24.8 Å². The predicted octanol–water partition coefficient (Wildman–Crippen LogP) is 1.87. The summed E-state index contributed by atoms with van der Waals surface area (Å²) in [5, 5.41) is 5.11. The highest BCUT2D eigenvalue weighted by atomic mass is 32.2. The summed E-state index contributed by atoms with van der Waals surface area (Å²) >= 11 is 0. The molecule has 0 unspecified atom stereocenters. The molecular weight excluding hydrogens is 580 g/mol. The first-order valence-corrected chi connectivity index (χ1v) is 14.5. The van der Waals surface area contributed by atoms with Crippen LogP contribution >= 0.6 is 0 Å². The van der Waals surface area contributed by atoms with Gasteiger partial charge in [-0.25, -0.2) is 13.1 Å². The van der Waals surface area contributed by atoms with Crippen molar-refractivity contribution >= 4 is 33.7 Å².